The standard InChI is InChI=1S/C23H23N3O6/c1-15(2)13-24-21(28)18-5-3-4-6-19(18)25-20(27)11-12-23(24,25)22(29)32-14-16-7-9-17(10-8-16)26(30)31/h3-10,15H,11-14H2,1-2H3/t23-/m1/s1. The number of carbonyl (C=O) groups is 3. The number of anilines is 1. The minimum atomic E-state index is -1.55. The molecule has 2 aromatic carbocycles. The lowest BCUT2D eigenvalue weighted by molar-refractivity contribution is -0.384. The summed E-state index contributed by atoms with van der Waals surface area (Å²) in [4.78, 5) is 53.0. The Kier molecular flexibility index (Phi) is 5.41. The van der Waals surface area contributed by atoms with Crippen molar-refractivity contribution in [3.8, 4) is 0 Å². The van der Waals surface area contributed by atoms with Gasteiger partial charge in [-0.15, -0.1) is 0 Å². The van der Waals surface area contributed by atoms with Gasteiger partial charge < -0.3 is 9.64 Å². The monoisotopic (exact) mass is 437 g/mol. The van der Waals surface area contributed by atoms with E-state index in [4.69, 9.17) is 4.74 Å². The number of rotatable bonds is 6. The Hall–Kier alpha value is -3.75. The number of esters is 1. The fraction of sp³-hybridized carbons (Fsp3) is 0.348. The summed E-state index contributed by atoms with van der Waals surface area (Å²) < 4.78 is 5.60. The van der Waals surface area contributed by atoms with Crippen LogP contribution in [-0.4, -0.2) is 39.8 Å². The van der Waals surface area contributed by atoms with Crippen LogP contribution in [0.2, 0.25) is 0 Å². The molecule has 0 radical (unpaired) electrons. The summed E-state index contributed by atoms with van der Waals surface area (Å²) in [5, 5.41) is 10.8. The van der Waals surface area contributed by atoms with Gasteiger partial charge in [0.15, 0.2) is 0 Å². The van der Waals surface area contributed by atoms with Crippen LogP contribution in [0, 0.1) is 16.0 Å². The Balaban J connectivity index is 1.69. The van der Waals surface area contributed by atoms with E-state index in [-0.39, 0.29) is 49.4 Å². The first-order valence-electron chi connectivity index (χ1n) is 10.4. The number of fused-ring (bicyclic) bond motifs is 3. The molecule has 9 heteroatoms. The van der Waals surface area contributed by atoms with Gasteiger partial charge in [0.1, 0.15) is 6.61 Å². The summed E-state index contributed by atoms with van der Waals surface area (Å²) >= 11 is 0. The molecule has 2 amide bonds. The van der Waals surface area contributed by atoms with Crippen molar-refractivity contribution in [3.05, 3.63) is 69.8 Å². The SMILES string of the molecule is CC(C)CN1C(=O)c2ccccc2N2C(=O)CC[C@@]12C(=O)OCc1ccc([N+](=O)[O-])cc1. The van der Waals surface area contributed by atoms with E-state index in [1.165, 1.54) is 34.1 Å². The highest BCUT2D eigenvalue weighted by molar-refractivity contribution is 6.15. The van der Waals surface area contributed by atoms with Gasteiger partial charge in [0.2, 0.25) is 11.6 Å². The molecule has 2 heterocycles. The highest BCUT2D eigenvalue weighted by atomic mass is 16.6. The van der Waals surface area contributed by atoms with Crippen molar-refractivity contribution in [2.45, 2.75) is 39.0 Å². The van der Waals surface area contributed by atoms with Crippen molar-refractivity contribution in [2.24, 2.45) is 5.92 Å². The van der Waals surface area contributed by atoms with E-state index in [1.807, 2.05) is 13.8 Å². The molecule has 2 aromatic rings. The zero-order valence-corrected chi connectivity index (χ0v) is 17.8. The predicted molar refractivity (Wildman–Crippen MR) is 115 cm³/mol. The highest BCUT2D eigenvalue weighted by Crippen LogP contribution is 2.45. The van der Waals surface area contributed by atoms with Crippen molar-refractivity contribution in [1.29, 1.82) is 0 Å². The van der Waals surface area contributed by atoms with Gasteiger partial charge in [0.25, 0.3) is 11.6 Å². The molecule has 0 bridgehead atoms. The van der Waals surface area contributed by atoms with Gasteiger partial charge in [-0.2, -0.15) is 0 Å². The van der Waals surface area contributed by atoms with Crippen molar-refractivity contribution in [3.63, 3.8) is 0 Å². The summed E-state index contributed by atoms with van der Waals surface area (Å²) in [7, 11) is 0. The van der Waals surface area contributed by atoms with Gasteiger partial charge in [-0.1, -0.05) is 26.0 Å². The van der Waals surface area contributed by atoms with Crippen LogP contribution in [0.4, 0.5) is 11.4 Å². The molecular weight excluding hydrogens is 414 g/mol. The number of nitrogens with zero attached hydrogens (tertiary/aromatic N) is 3. The van der Waals surface area contributed by atoms with E-state index in [9.17, 15) is 24.5 Å². The molecule has 32 heavy (non-hydrogen) atoms. The number of nitro groups is 1. The Bertz CT molecular complexity index is 1100. The van der Waals surface area contributed by atoms with Gasteiger partial charge in [-0.25, -0.2) is 4.79 Å². The number of ether oxygens (including phenoxy) is 1. The first kappa shape index (κ1) is 21.5. The molecule has 2 aliphatic rings. The van der Waals surface area contributed by atoms with Crippen LogP contribution in [0.3, 0.4) is 0 Å². The first-order valence-corrected chi connectivity index (χ1v) is 10.4. The summed E-state index contributed by atoms with van der Waals surface area (Å²) in [6, 6.07) is 12.5. The third-order valence-corrected chi connectivity index (χ3v) is 5.77. The van der Waals surface area contributed by atoms with Gasteiger partial charge >= 0.3 is 5.97 Å². The largest absolute Gasteiger partial charge is 0.458 e. The van der Waals surface area contributed by atoms with Gasteiger partial charge in [-0.3, -0.25) is 24.6 Å². The molecule has 1 saturated heterocycles. The number of nitro benzene ring substituents is 1. The van der Waals surface area contributed by atoms with Crippen LogP contribution in [0.5, 0.6) is 0 Å². The third-order valence-electron chi connectivity index (χ3n) is 5.77. The highest BCUT2D eigenvalue weighted by Gasteiger charge is 2.61. The Morgan fingerprint density at radius 1 is 1.16 bits per heavy atom. The lowest BCUT2D eigenvalue weighted by atomic mass is 9.95. The second-order valence-corrected chi connectivity index (χ2v) is 8.37. The van der Waals surface area contributed by atoms with E-state index < -0.39 is 16.6 Å². The molecule has 1 atom stereocenters. The lowest BCUT2D eigenvalue weighted by Gasteiger charge is -2.48. The summed E-state index contributed by atoms with van der Waals surface area (Å²) in [6.07, 6.45) is 0.251. The average Bonchev–Trinajstić information content (AvgIpc) is 3.13. The second-order valence-electron chi connectivity index (χ2n) is 8.37. The number of hydrogen-bond donors (Lipinski definition) is 0. The zero-order chi connectivity index (χ0) is 23.0. The minimum absolute atomic E-state index is 0.0566. The van der Waals surface area contributed by atoms with Crippen LogP contribution < -0.4 is 4.90 Å². The van der Waals surface area contributed by atoms with Crippen LogP contribution in [0.1, 0.15) is 42.6 Å². The molecule has 9 nitrogen and oxygen atoms in total. The summed E-state index contributed by atoms with van der Waals surface area (Å²) in [5.74, 6) is -1.19. The fourth-order valence-electron chi connectivity index (χ4n) is 4.34. The predicted octanol–water partition coefficient (Wildman–Crippen LogP) is 3.27. The maximum absolute atomic E-state index is 13.5. The topological polar surface area (TPSA) is 110 Å². The van der Waals surface area contributed by atoms with Gasteiger partial charge in [-0.05, 0) is 35.7 Å². The number of hydrogen-bond acceptors (Lipinski definition) is 6. The molecule has 0 aromatic heterocycles. The quantitative estimate of drug-likeness (QED) is 0.390. The van der Waals surface area contributed by atoms with E-state index in [1.54, 1.807) is 24.3 Å². The molecule has 0 aliphatic carbocycles. The summed E-state index contributed by atoms with van der Waals surface area (Å²) in [5.41, 5.74) is -0.263. The molecule has 0 N–H and O–H groups in total. The second kappa shape index (κ2) is 8.07. The molecule has 166 valence electrons. The number of carbonyl (C=O) groups excluding carboxylic acids is 3. The maximum Gasteiger partial charge on any atom is 0.354 e. The van der Waals surface area contributed by atoms with Crippen molar-refractivity contribution in [2.75, 3.05) is 11.4 Å². The van der Waals surface area contributed by atoms with Crippen molar-refractivity contribution < 1.29 is 24.0 Å². The van der Waals surface area contributed by atoms with Crippen LogP contribution in [0.25, 0.3) is 0 Å². The fourth-order valence-corrected chi connectivity index (χ4v) is 4.34. The van der Waals surface area contributed by atoms with Gasteiger partial charge in [0, 0.05) is 31.5 Å². The third kappa shape index (κ3) is 3.39. The number of para-hydroxylation sites is 1. The van der Waals surface area contributed by atoms with Gasteiger partial charge in [0.05, 0.1) is 16.2 Å². The van der Waals surface area contributed by atoms with Crippen molar-refractivity contribution >= 4 is 29.2 Å². The van der Waals surface area contributed by atoms with E-state index in [0.717, 1.165) is 0 Å². The molecule has 4 rings (SSSR count). The molecule has 1 fully saturated rings. The minimum Gasteiger partial charge on any atom is -0.458 e. The smallest absolute Gasteiger partial charge is 0.354 e. The van der Waals surface area contributed by atoms with E-state index in [2.05, 4.69) is 0 Å². The van der Waals surface area contributed by atoms with Crippen LogP contribution >= 0.6 is 0 Å². The molecule has 2 aliphatic heterocycles. The van der Waals surface area contributed by atoms with Crippen molar-refractivity contribution in [1.82, 2.24) is 4.90 Å². The Morgan fingerprint density at radius 2 is 1.84 bits per heavy atom. The van der Waals surface area contributed by atoms with Crippen LogP contribution in [0.15, 0.2) is 48.5 Å². The maximum atomic E-state index is 13.5. The number of benzene rings is 2. The molecule has 0 spiro atoms. The Labute approximate surface area is 184 Å². The number of amides is 2. The summed E-state index contributed by atoms with van der Waals surface area (Å²) in [6.45, 7) is 4.02. The molecule has 0 saturated carbocycles. The zero-order valence-electron chi connectivity index (χ0n) is 17.8. The molecule has 0 unspecified atom stereocenters. The lowest BCUT2D eigenvalue weighted by Crippen LogP contribution is -2.69. The van der Waals surface area contributed by atoms with E-state index >= 15 is 0 Å². The first-order chi connectivity index (χ1) is 15.3. The Morgan fingerprint density at radius 3 is 2.50 bits per heavy atom. The van der Waals surface area contributed by atoms with E-state index in [0.29, 0.717) is 16.8 Å². The average molecular weight is 437 g/mol. The number of non-ortho nitro benzene ring substituents is 1. The van der Waals surface area contributed by atoms with Crippen LogP contribution in [-0.2, 0) is 20.9 Å². The normalized spacial score (nSPS) is 19.7. The molecular formula is C23H23N3O6.